The van der Waals surface area contributed by atoms with Crippen LogP contribution in [0, 0.1) is 0 Å². The number of rotatable bonds is 5. The Morgan fingerprint density at radius 1 is 0.966 bits per heavy atom. The molecule has 0 radical (unpaired) electrons. The largest absolute Gasteiger partial charge is 0.461 e. The van der Waals surface area contributed by atoms with E-state index in [1.807, 2.05) is 53.1 Å². The average Bonchev–Trinajstić information content (AvgIpc) is 3.44. The number of benzene rings is 1. The Labute approximate surface area is 170 Å². The molecule has 5 rings (SSSR count). The zero-order valence-corrected chi connectivity index (χ0v) is 16.4. The highest BCUT2D eigenvalue weighted by Crippen LogP contribution is 2.34. The van der Waals surface area contributed by atoms with E-state index >= 15 is 0 Å². The van der Waals surface area contributed by atoms with E-state index in [9.17, 15) is 0 Å². The van der Waals surface area contributed by atoms with E-state index in [0.29, 0.717) is 24.0 Å². The van der Waals surface area contributed by atoms with Crippen LogP contribution < -0.4 is 0 Å². The van der Waals surface area contributed by atoms with E-state index in [4.69, 9.17) is 14.4 Å². The van der Waals surface area contributed by atoms with Crippen molar-refractivity contribution in [1.82, 2.24) is 29.7 Å². The summed E-state index contributed by atoms with van der Waals surface area (Å²) >= 11 is 1.48. The summed E-state index contributed by atoms with van der Waals surface area (Å²) in [5.74, 6) is 2.05. The van der Waals surface area contributed by atoms with Crippen molar-refractivity contribution in [2.45, 2.75) is 23.7 Å². The molecule has 4 aromatic heterocycles. The summed E-state index contributed by atoms with van der Waals surface area (Å²) in [6.07, 6.45) is 5.11. The number of pyridine rings is 1. The van der Waals surface area contributed by atoms with Crippen molar-refractivity contribution in [1.29, 1.82) is 0 Å². The second-order valence-corrected chi connectivity index (χ2v) is 7.19. The van der Waals surface area contributed by atoms with Gasteiger partial charge in [0, 0.05) is 29.9 Å². The van der Waals surface area contributed by atoms with Gasteiger partial charge in [0.2, 0.25) is 0 Å². The standard InChI is InChI=1S/C21H16N6OS/c1-2-27-19(17-8-5-13-28-17)25-26-21(27)29-20-15-6-3-4-7-16(15)23-18(24-20)14-9-11-22-12-10-14/h3-13H,2H2,1H3. The highest BCUT2D eigenvalue weighted by Gasteiger charge is 2.18. The maximum Gasteiger partial charge on any atom is 0.200 e. The number of para-hydroxylation sites is 1. The zero-order chi connectivity index (χ0) is 19.6. The fourth-order valence-corrected chi connectivity index (χ4v) is 4.07. The Balaban J connectivity index is 1.62. The lowest BCUT2D eigenvalue weighted by Gasteiger charge is -2.09. The summed E-state index contributed by atoms with van der Waals surface area (Å²) in [5.41, 5.74) is 1.80. The van der Waals surface area contributed by atoms with Gasteiger partial charge in [-0.2, -0.15) is 0 Å². The van der Waals surface area contributed by atoms with Crippen molar-refractivity contribution in [3.63, 3.8) is 0 Å². The van der Waals surface area contributed by atoms with Crippen LogP contribution in [0.15, 0.2) is 81.8 Å². The highest BCUT2D eigenvalue weighted by atomic mass is 32.2. The molecule has 7 nitrogen and oxygen atoms in total. The molecule has 142 valence electrons. The fraction of sp³-hybridized carbons (Fsp3) is 0.0952. The summed E-state index contributed by atoms with van der Waals surface area (Å²) < 4.78 is 7.53. The third kappa shape index (κ3) is 3.27. The average molecular weight is 400 g/mol. The Morgan fingerprint density at radius 3 is 2.62 bits per heavy atom. The molecule has 0 aliphatic carbocycles. The first-order valence-corrected chi connectivity index (χ1v) is 9.97. The minimum atomic E-state index is 0.655. The van der Waals surface area contributed by atoms with Gasteiger partial charge < -0.3 is 4.42 Å². The summed E-state index contributed by atoms with van der Waals surface area (Å²) in [6.45, 7) is 2.77. The van der Waals surface area contributed by atoms with E-state index in [-0.39, 0.29) is 0 Å². The molecule has 0 saturated heterocycles. The molecule has 0 spiro atoms. The summed E-state index contributed by atoms with van der Waals surface area (Å²) in [5, 5.41) is 11.3. The molecule has 0 aliphatic rings. The molecule has 4 heterocycles. The van der Waals surface area contributed by atoms with E-state index in [2.05, 4.69) is 22.1 Å². The molecule has 0 unspecified atom stereocenters. The smallest absolute Gasteiger partial charge is 0.200 e. The quantitative estimate of drug-likeness (QED) is 0.395. The van der Waals surface area contributed by atoms with Crippen molar-refractivity contribution >= 4 is 22.7 Å². The predicted molar refractivity (Wildman–Crippen MR) is 110 cm³/mol. The van der Waals surface area contributed by atoms with Crippen molar-refractivity contribution in [2.75, 3.05) is 0 Å². The first kappa shape index (κ1) is 17.6. The molecule has 8 heteroatoms. The normalized spacial score (nSPS) is 11.2. The van der Waals surface area contributed by atoms with Gasteiger partial charge in [-0.15, -0.1) is 10.2 Å². The Morgan fingerprint density at radius 2 is 1.83 bits per heavy atom. The first-order chi connectivity index (χ1) is 14.3. The number of hydrogen-bond donors (Lipinski definition) is 0. The second-order valence-electron chi connectivity index (χ2n) is 6.24. The van der Waals surface area contributed by atoms with Crippen LogP contribution in [0.3, 0.4) is 0 Å². The monoisotopic (exact) mass is 400 g/mol. The van der Waals surface area contributed by atoms with Crippen LogP contribution in [0.1, 0.15) is 6.92 Å². The number of hydrogen-bond acceptors (Lipinski definition) is 7. The predicted octanol–water partition coefficient (Wildman–Crippen LogP) is 4.71. The van der Waals surface area contributed by atoms with Crippen molar-refractivity contribution in [2.24, 2.45) is 0 Å². The molecule has 0 N–H and O–H groups in total. The third-order valence-corrected chi connectivity index (χ3v) is 5.46. The minimum absolute atomic E-state index is 0.655. The molecule has 0 saturated carbocycles. The molecule has 1 aromatic carbocycles. The lowest BCUT2D eigenvalue weighted by molar-refractivity contribution is 0.567. The van der Waals surface area contributed by atoms with Crippen LogP contribution in [-0.2, 0) is 6.54 Å². The number of fused-ring (bicyclic) bond motifs is 1. The topological polar surface area (TPSA) is 82.5 Å². The first-order valence-electron chi connectivity index (χ1n) is 9.15. The van der Waals surface area contributed by atoms with E-state index in [0.717, 1.165) is 26.6 Å². The van der Waals surface area contributed by atoms with Gasteiger partial charge in [0.1, 0.15) is 5.03 Å². The van der Waals surface area contributed by atoms with Gasteiger partial charge in [0.05, 0.1) is 11.8 Å². The van der Waals surface area contributed by atoms with Gasteiger partial charge in [-0.05, 0) is 49.0 Å². The van der Waals surface area contributed by atoms with Crippen LogP contribution in [0.5, 0.6) is 0 Å². The van der Waals surface area contributed by atoms with Crippen molar-refractivity contribution < 1.29 is 4.42 Å². The number of furan rings is 1. The molecular weight excluding hydrogens is 384 g/mol. The molecule has 0 aliphatic heterocycles. The van der Waals surface area contributed by atoms with Crippen LogP contribution in [0.4, 0.5) is 0 Å². The van der Waals surface area contributed by atoms with E-state index in [1.165, 1.54) is 11.8 Å². The van der Waals surface area contributed by atoms with E-state index in [1.54, 1.807) is 18.7 Å². The highest BCUT2D eigenvalue weighted by molar-refractivity contribution is 7.99. The van der Waals surface area contributed by atoms with Gasteiger partial charge >= 0.3 is 0 Å². The Kier molecular flexibility index (Phi) is 4.53. The second kappa shape index (κ2) is 7.48. The molecular formula is C21H16N6OS. The van der Waals surface area contributed by atoms with Crippen molar-refractivity contribution in [3.8, 4) is 23.0 Å². The molecule has 0 amide bonds. The third-order valence-electron chi connectivity index (χ3n) is 4.47. The fourth-order valence-electron chi connectivity index (χ4n) is 3.08. The Hall–Kier alpha value is -3.52. The SMILES string of the molecule is CCn1c(Sc2nc(-c3ccncc3)nc3ccccc23)nnc1-c1ccco1. The van der Waals surface area contributed by atoms with Crippen LogP contribution >= 0.6 is 11.8 Å². The van der Waals surface area contributed by atoms with Crippen LogP contribution in [0.25, 0.3) is 33.9 Å². The summed E-state index contributed by atoms with van der Waals surface area (Å²) in [7, 11) is 0. The molecule has 29 heavy (non-hydrogen) atoms. The van der Waals surface area contributed by atoms with Crippen LogP contribution in [0.2, 0.25) is 0 Å². The lowest BCUT2D eigenvalue weighted by Crippen LogP contribution is -2.00. The lowest BCUT2D eigenvalue weighted by atomic mass is 10.2. The maximum atomic E-state index is 5.51. The van der Waals surface area contributed by atoms with Crippen LogP contribution in [-0.4, -0.2) is 29.7 Å². The molecule has 0 bridgehead atoms. The van der Waals surface area contributed by atoms with Gasteiger partial charge in [-0.3, -0.25) is 9.55 Å². The zero-order valence-electron chi connectivity index (χ0n) is 15.6. The van der Waals surface area contributed by atoms with Gasteiger partial charge in [0.15, 0.2) is 22.6 Å². The van der Waals surface area contributed by atoms with Crippen molar-refractivity contribution in [3.05, 3.63) is 67.2 Å². The summed E-state index contributed by atoms with van der Waals surface area (Å²) in [4.78, 5) is 13.6. The number of nitrogens with zero attached hydrogens (tertiary/aromatic N) is 6. The van der Waals surface area contributed by atoms with Gasteiger partial charge in [-0.25, -0.2) is 9.97 Å². The van der Waals surface area contributed by atoms with E-state index < -0.39 is 0 Å². The summed E-state index contributed by atoms with van der Waals surface area (Å²) in [6, 6.07) is 15.5. The minimum Gasteiger partial charge on any atom is -0.461 e. The molecule has 5 aromatic rings. The molecule has 0 fully saturated rings. The number of aromatic nitrogens is 6. The Bertz CT molecular complexity index is 1270. The van der Waals surface area contributed by atoms with Gasteiger partial charge in [0.25, 0.3) is 0 Å². The maximum absolute atomic E-state index is 5.51. The molecule has 0 atom stereocenters. The van der Waals surface area contributed by atoms with Gasteiger partial charge in [-0.1, -0.05) is 18.2 Å².